The molecule has 0 amide bonds. The highest BCUT2D eigenvalue weighted by Gasteiger charge is 2.11. The van der Waals surface area contributed by atoms with Crippen LogP contribution in [0.15, 0.2) is 29.0 Å². The summed E-state index contributed by atoms with van der Waals surface area (Å²) in [5.74, 6) is 0.663. The zero-order valence-corrected chi connectivity index (χ0v) is 10.7. The number of nitrogens with zero attached hydrogens (tertiary/aromatic N) is 2. The molecule has 7 heteroatoms. The number of hydrogen-bond acceptors (Lipinski definition) is 6. The summed E-state index contributed by atoms with van der Waals surface area (Å²) in [4.78, 5) is 18.5. The molecular formula is C11H9BrN4O2. The van der Waals surface area contributed by atoms with Crippen LogP contribution in [-0.4, -0.2) is 16.3 Å². The van der Waals surface area contributed by atoms with Gasteiger partial charge in [0, 0.05) is 10.2 Å². The molecule has 0 spiro atoms. The van der Waals surface area contributed by atoms with Gasteiger partial charge in [0.25, 0.3) is 0 Å². The number of anilines is 2. The summed E-state index contributed by atoms with van der Waals surface area (Å²) in [5, 5.41) is 0. The van der Waals surface area contributed by atoms with Gasteiger partial charge in [-0.1, -0.05) is 0 Å². The Labute approximate surface area is 111 Å². The molecule has 0 aliphatic carbocycles. The highest BCUT2D eigenvalue weighted by molar-refractivity contribution is 9.10. The minimum absolute atomic E-state index is 0.0736. The Bertz CT molecular complexity index is 604. The second kappa shape index (κ2) is 5.01. The highest BCUT2D eigenvalue weighted by Crippen LogP contribution is 2.29. The molecule has 0 radical (unpaired) electrons. The molecule has 2 aromatic rings. The van der Waals surface area contributed by atoms with Crippen molar-refractivity contribution >= 4 is 33.7 Å². The molecule has 0 aliphatic heterocycles. The number of aldehydes is 1. The van der Waals surface area contributed by atoms with E-state index in [1.807, 2.05) is 0 Å². The Hall–Kier alpha value is -2.15. The van der Waals surface area contributed by atoms with Gasteiger partial charge in [-0.3, -0.25) is 4.79 Å². The molecule has 2 rings (SSSR count). The van der Waals surface area contributed by atoms with Gasteiger partial charge in [-0.15, -0.1) is 0 Å². The number of aromatic nitrogens is 2. The lowest BCUT2D eigenvalue weighted by Crippen LogP contribution is -2.01. The van der Waals surface area contributed by atoms with Crippen molar-refractivity contribution in [1.29, 1.82) is 0 Å². The molecule has 0 saturated heterocycles. The number of carbonyl (C=O) groups is 1. The molecule has 1 aromatic carbocycles. The van der Waals surface area contributed by atoms with Gasteiger partial charge in [-0.2, -0.15) is 0 Å². The predicted octanol–water partition coefficient (Wildman–Crippen LogP) is 2.01. The number of nitrogens with two attached hydrogens (primary N) is 2. The van der Waals surface area contributed by atoms with Crippen LogP contribution in [0.1, 0.15) is 10.4 Å². The third kappa shape index (κ3) is 2.40. The Morgan fingerprint density at radius 2 is 2.06 bits per heavy atom. The van der Waals surface area contributed by atoms with Crippen molar-refractivity contribution in [2.75, 3.05) is 11.5 Å². The maximum atomic E-state index is 10.9. The summed E-state index contributed by atoms with van der Waals surface area (Å²) in [6, 6.07) is 5.00. The first-order valence-electron chi connectivity index (χ1n) is 4.90. The number of carbonyl (C=O) groups excluding carboxylic acids is 1. The summed E-state index contributed by atoms with van der Waals surface area (Å²) in [7, 11) is 0. The molecule has 0 aliphatic rings. The van der Waals surface area contributed by atoms with Crippen LogP contribution in [0, 0.1) is 0 Å². The Morgan fingerprint density at radius 3 is 2.72 bits per heavy atom. The molecular weight excluding hydrogens is 300 g/mol. The molecule has 0 bridgehead atoms. The Balaban J connectivity index is 2.36. The third-order valence-corrected chi connectivity index (χ3v) is 2.87. The number of benzene rings is 1. The van der Waals surface area contributed by atoms with Gasteiger partial charge in [0.2, 0.25) is 5.88 Å². The normalized spacial score (nSPS) is 10.1. The number of rotatable bonds is 3. The summed E-state index contributed by atoms with van der Waals surface area (Å²) in [6.45, 7) is 0. The van der Waals surface area contributed by atoms with E-state index >= 15 is 0 Å². The van der Waals surface area contributed by atoms with Crippen molar-refractivity contribution in [3.05, 3.63) is 34.6 Å². The smallest absolute Gasteiger partial charge is 0.235 e. The van der Waals surface area contributed by atoms with E-state index in [9.17, 15) is 4.79 Å². The first-order valence-corrected chi connectivity index (χ1v) is 5.69. The van der Waals surface area contributed by atoms with Crippen molar-refractivity contribution in [3.63, 3.8) is 0 Å². The largest absolute Gasteiger partial charge is 0.438 e. The Morgan fingerprint density at radius 1 is 1.28 bits per heavy atom. The van der Waals surface area contributed by atoms with Crippen molar-refractivity contribution < 1.29 is 9.53 Å². The van der Waals surface area contributed by atoms with Crippen LogP contribution in [0.25, 0.3) is 0 Å². The lowest BCUT2D eigenvalue weighted by atomic mass is 10.3. The van der Waals surface area contributed by atoms with Crippen molar-refractivity contribution in [1.82, 2.24) is 9.97 Å². The zero-order chi connectivity index (χ0) is 13.1. The number of ether oxygens (including phenoxy) is 1. The highest BCUT2D eigenvalue weighted by atomic mass is 79.9. The summed E-state index contributed by atoms with van der Waals surface area (Å²) < 4.78 is 6.16. The first kappa shape index (κ1) is 12.3. The first-order chi connectivity index (χ1) is 8.61. The monoisotopic (exact) mass is 308 g/mol. The van der Waals surface area contributed by atoms with Crippen LogP contribution < -0.4 is 16.2 Å². The minimum Gasteiger partial charge on any atom is -0.438 e. The van der Waals surface area contributed by atoms with Crippen LogP contribution in [0.3, 0.4) is 0 Å². The molecule has 0 saturated carbocycles. The van der Waals surface area contributed by atoms with Gasteiger partial charge < -0.3 is 16.2 Å². The average Bonchev–Trinajstić information content (AvgIpc) is 2.34. The lowest BCUT2D eigenvalue weighted by Gasteiger charge is -2.08. The summed E-state index contributed by atoms with van der Waals surface area (Å²) in [6.07, 6.45) is 1.78. The molecule has 6 nitrogen and oxygen atoms in total. The fourth-order valence-corrected chi connectivity index (χ4v) is 1.63. The summed E-state index contributed by atoms with van der Waals surface area (Å²) in [5.41, 5.74) is 11.9. The van der Waals surface area contributed by atoms with Crippen LogP contribution in [0.5, 0.6) is 11.6 Å². The fraction of sp³-hybridized carbons (Fsp3) is 0. The second-order valence-corrected chi connectivity index (χ2v) is 4.24. The quantitative estimate of drug-likeness (QED) is 0.664. The molecule has 0 atom stereocenters. The number of nitrogen functional groups attached to an aromatic ring is 2. The lowest BCUT2D eigenvalue weighted by molar-refractivity contribution is 0.112. The van der Waals surface area contributed by atoms with E-state index in [0.717, 1.165) is 0 Å². The number of halogens is 1. The SMILES string of the molecule is Nc1ccc(Oc2ncnc(N)c2C=O)cc1Br. The van der Waals surface area contributed by atoms with Gasteiger partial charge >= 0.3 is 0 Å². The van der Waals surface area contributed by atoms with E-state index in [1.165, 1.54) is 6.33 Å². The van der Waals surface area contributed by atoms with Gasteiger partial charge in [-0.25, -0.2) is 9.97 Å². The summed E-state index contributed by atoms with van der Waals surface area (Å²) >= 11 is 3.28. The van der Waals surface area contributed by atoms with E-state index < -0.39 is 0 Å². The van der Waals surface area contributed by atoms with Crippen LogP contribution in [0.4, 0.5) is 11.5 Å². The van der Waals surface area contributed by atoms with E-state index in [4.69, 9.17) is 16.2 Å². The molecule has 4 N–H and O–H groups in total. The van der Waals surface area contributed by atoms with E-state index in [-0.39, 0.29) is 17.3 Å². The third-order valence-electron chi connectivity index (χ3n) is 2.18. The topological polar surface area (TPSA) is 104 Å². The maximum absolute atomic E-state index is 10.9. The van der Waals surface area contributed by atoms with Crippen molar-refractivity contribution in [2.24, 2.45) is 0 Å². The molecule has 1 heterocycles. The molecule has 92 valence electrons. The molecule has 18 heavy (non-hydrogen) atoms. The maximum Gasteiger partial charge on any atom is 0.235 e. The van der Waals surface area contributed by atoms with Crippen LogP contribution in [-0.2, 0) is 0 Å². The van der Waals surface area contributed by atoms with Gasteiger partial charge in [-0.05, 0) is 34.1 Å². The zero-order valence-electron chi connectivity index (χ0n) is 9.13. The molecule has 0 fully saturated rings. The molecule has 0 unspecified atom stereocenters. The minimum atomic E-state index is 0.0736. The van der Waals surface area contributed by atoms with E-state index in [0.29, 0.717) is 22.2 Å². The van der Waals surface area contributed by atoms with Crippen LogP contribution >= 0.6 is 15.9 Å². The van der Waals surface area contributed by atoms with Crippen molar-refractivity contribution in [3.8, 4) is 11.6 Å². The van der Waals surface area contributed by atoms with Crippen LogP contribution in [0.2, 0.25) is 0 Å². The Kier molecular flexibility index (Phi) is 3.42. The van der Waals surface area contributed by atoms with Crippen molar-refractivity contribution in [2.45, 2.75) is 0 Å². The van der Waals surface area contributed by atoms with Gasteiger partial charge in [0.15, 0.2) is 6.29 Å². The standard InChI is InChI=1S/C11H9BrN4O2/c12-8-3-6(1-2-9(8)13)18-11-7(4-17)10(14)15-5-16-11/h1-5H,13H2,(H2,14,15,16). The predicted molar refractivity (Wildman–Crippen MR) is 70.5 cm³/mol. The average molecular weight is 309 g/mol. The van der Waals surface area contributed by atoms with Gasteiger partial charge in [0.1, 0.15) is 23.5 Å². The second-order valence-electron chi connectivity index (χ2n) is 3.38. The molecule has 1 aromatic heterocycles. The van der Waals surface area contributed by atoms with E-state index in [1.54, 1.807) is 18.2 Å². The van der Waals surface area contributed by atoms with E-state index in [2.05, 4.69) is 25.9 Å². The van der Waals surface area contributed by atoms with Gasteiger partial charge in [0.05, 0.1) is 0 Å². The number of hydrogen-bond donors (Lipinski definition) is 2. The fourth-order valence-electron chi connectivity index (χ4n) is 1.27.